The lowest BCUT2D eigenvalue weighted by Gasteiger charge is -2.44. The van der Waals surface area contributed by atoms with Crippen LogP contribution >= 0.6 is 0 Å². The molecule has 0 radical (unpaired) electrons. The van der Waals surface area contributed by atoms with Crippen molar-refractivity contribution in [2.24, 2.45) is 7.05 Å². The average molecular weight is 486 g/mol. The predicted octanol–water partition coefficient (Wildman–Crippen LogP) is 4.34. The molecule has 2 aromatic carbocycles. The maximum Gasteiger partial charge on any atom is 0.328 e. The van der Waals surface area contributed by atoms with E-state index in [0.29, 0.717) is 17.8 Å². The van der Waals surface area contributed by atoms with Crippen LogP contribution in [0, 0.1) is 11.6 Å². The molecule has 0 fully saturated rings. The van der Waals surface area contributed by atoms with Crippen molar-refractivity contribution in [3.63, 3.8) is 0 Å². The molecule has 35 heavy (non-hydrogen) atoms. The van der Waals surface area contributed by atoms with E-state index in [0.717, 1.165) is 35.4 Å². The van der Waals surface area contributed by atoms with E-state index >= 15 is 8.78 Å². The second kappa shape index (κ2) is 9.26. The minimum Gasteiger partial charge on any atom is -0.478 e. The summed E-state index contributed by atoms with van der Waals surface area (Å²) in [6, 6.07) is 6.49. The molecule has 2 heterocycles. The van der Waals surface area contributed by atoms with Gasteiger partial charge in [-0.1, -0.05) is 12.1 Å². The molecule has 3 aromatic rings. The Labute approximate surface area is 200 Å². The van der Waals surface area contributed by atoms with Crippen molar-refractivity contribution in [2.45, 2.75) is 44.9 Å². The fourth-order valence-corrected chi connectivity index (χ4v) is 4.59. The number of aryl methyl sites for hydroxylation is 1. The smallest absolute Gasteiger partial charge is 0.328 e. The number of carboxylic acid groups (broad SMARTS) is 1. The molecule has 1 N–H and O–H groups in total. The molecule has 10 heteroatoms. The fourth-order valence-electron chi connectivity index (χ4n) is 4.59. The zero-order valence-electron chi connectivity index (χ0n) is 19.8. The molecule has 1 aliphatic rings. The number of halogens is 3. The summed E-state index contributed by atoms with van der Waals surface area (Å²) in [5.41, 5.74) is 0.499. The first-order valence-corrected chi connectivity index (χ1v) is 11.1. The van der Waals surface area contributed by atoms with E-state index in [9.17, 15) is 9.18 Å². The van der Waals surface area contributed by atoms with Crippen molar-refractivity contribution in [3.05, 3.63) is 70.3 Å². The molecule has 2 atom stereocenters. The van der Waals surface area contributed by atoms with E-state index in [1.165, 1.54) is 18.6 Å². The lowest BCUT2D eigenvalue weighted by Crippen LogP contribution is -2.48. The van der Waals surface area contributed by atoms with Crippen LogP contribution < -0.4 is 0 Å². The minimum atomic E-state index is -1.61. The molecule has 1 aliphatic heterocycles. The van der Waals surface area contributed by atoms with Gasteiger partial charge in [-0.3, -0.25) is 4.90 Å². The molecule has 0 saturated carbocycles. The van der Waals surface area contributed by atoms with Gasteiger partial charge in [0.25, 0.3) is 0 Å². The number of hydrogen-bond acceptors (Lipinski definition) is 5. The van der Waals surface area contributed by atoms with Crippen LogP contribution in [0.2, 0.25) is 0 Å². The average Bonchev–Trinajstić information content (AvgIpc) is 3.19. The maximum atomic E-state index is 15.4. The first kappa shape index (κ1) is 24.6. The van der Waals surface area contributed by atoms with E-state index in [2.05, 4.69) is 15.4 Å². The molecule has 1 aromatic heterocycles. The van der Waals surface area contributed by atoms with Crippen LogP contribution in [-0.4, -0.2) is 54.4 Å². The Morgan fingerprint density at radius 2 is 1.91 bits per heavy atom. The molecule has 0 amide bonds. The van der Waals surface area contributed by atoms with Gasteiger partial charge in [-0.15, -0.1) is 10.2 Å². The lowest BCUT2D eigenvalue weighted by atomic mass is 9.83. The van der Waals surface area contributed by atoms with Crippen molar-refractivity contribution in [1.29, 1.82) is 0 Å². The minimum absolute atomic E-state index is 0.0364. The SMILES string of the molecule is C[C@@H]1Cc2cc(-c3nnn(C)n3)ccc2[C@@H](c2c(F)cc(/C=C/C(=O)O)cc2F)N1CC(C)(C)F. The fraction of sp³-hybridized carbons (Fsp3) is 0.360. The Balaban J connectivity index is 1.86. The zero-order valence-corrected chi connectivity index (χ0v) is 19.8. The van der Waals surface area contributed by atoms with Crippen molar-refractivity contribution in [2.75, 3.05) is 6.54 Å². The first-order chi connectivity index (χ1) is 16.4. The molecular formula is C25H26F3N5O2. The number of rotatable bonds is 6. The number of aromatic nitrogens is 4. The summed E-state index contributed by atoms with van der Waals surface area (Å²) in [7, 11) is 1.66. The van der Waals surface area contributed by atoms with E-state index in [4.69, 9.17) is 5.11 Å². The molecule has 0 saturated heterocycles. The molecule has 0 spiro atoms. The van der Waals surface area contributed by atoms with Crippen molar-refractivity contribution >= 4 is 12.0 Å². The summed E-state index contributed by atoms with van der Waals surface area (Å²) in [6.07, 6.45) is 2.48. The van der Waals surface area contributed by atoms with E-state index in [1.807, 2.05) is 13.0 Å². The number of carbonyl (C=O) groups is 1. The summed E-state index contributed by atoms with van der Waals surface area (Å²) in [6.45, 7) is 4.73. The van der Waals surface area contributed by atoms with Gasteiger partial charge in [0.15, 0.2) is 0 Å². The summed E-state index contributed by atoms with van der Waals surface area (Å²) >= 11 is 0. The number of aliphatic carboxylic acids is 1. The van der Waals surface area contributed by atoms with Gasteiger partial charge in [0.1, 0.15) is 17.3 Å². The Kier molecular flexibility index (Phi) is 6.50. The number of benzene rings is 2. The number of tetrazole rings is 1. The van der Waals surface area contributed by atoms with Crippen LogP contribution in [0.3, 0.4) is 0 Å². The van der Waals surface area contributed by atoms with Gasteiger partial charge in [0.2, 0.25) is 5.82 Å². The van der Waals surface area contributed by atoms with Crippen LogP contribution in [0.5, 0.6) is 0 Å². The van der Waals surface area contributed by atoms with Crippen molar-refractivity contribution in [3.8, 4) is 11.4 Å². The topological polar surface area (TPSA) is 84.1 Å². The highest BCUT2D eigenvalue weighted by atomic mass is 19.1. The lowest BCUT2D eigenvalue weighted by molar-refractivity contribution is -0.131. The molecule has 4 rings (SSSR count). The van der Waals surface area contributed by atoms with Gasteiger partial charge in [0.05, 0.1) is 13.1 Å². The van der Waals surface area contributed by atoms with Gasteiger partial charge < -0.3 is 5.11 Å². The van der Waals surface area contributed by atoms with Crippen LogP contribution in [0.1, 0.15) is 49.1 Å². The second-order valence-electron chi connectivity index (χ2n) is 9.43. The number of carboxylic acids is 1. The Morgan fingerprint density at radius 3 is 2.49 bits per heavy atom. The second-order valence-corrected chi connectivity index (χ2v) is 9.43. The Bertz CT molecular complexity index is 1280. The normalized spacial score (nSPS) is 18.7. The van der Waals surface area contributed by atoms with E-state index in [1.54, 1.807) is 24.1 Å². The summed E-state index contributed by atoms with van der Waals surface area (Å²) in [4.78, 5) is 13.9. The van der Waals surface area contributed by atoms with Crippen LogP contribution in [0.25, 0.3) is 17.5 Å². The molecule has 0 bridgehead atoms. The molecule has 0 aliphatic carbocycles. The number of fused-ring (bicyclic) bond motifs is 1. The Morgan fingerprint density at radius 1 is 1.23 bits per heavy atom. The number of nitrogens with zero attached hydrogens (tertiary/aromatic N) is 5. The van der Waals surface area contributed by atoms with Gasteiger partial charge in [-0.05, 0) is 73.4 Å². The largest absolute Gasteiger partial charge is 0.478 e. The zero-order chi connectivity index (χ0) is 25.5. The third kappa shape index (κ3) is 5.27. The van der Waals surface area contributed by atoms with Crippen LogP contribution in [0.15, 0.2) is 36.4 Å². The quantitative estimate of drug-likeness (QED) is 0.523. The standard InChI is InChI=1S/C25H26F3N5O2/c1-14-9-17-12-16(24-29-31-32(4)30-24)6-7-18(17)23(33(14)13-25(2,3)28)22-19(26)10-15(11-20(22)27)5-8-21(34)35/h5-8,10-12,14,23H,9,13H2,1-4H3,(H,34,35)/b8-5+/t14-,23+/m1/s1. The number of alkyl halides is 1. The third-order valence-electron chi connectivity index (χ3n) is 5.97. The summed E-state index contributed by atoms with van der Waals surface area (Å²) < 4.78 is 45.7. The summed E-state index contributed by atoms with van der Waals surface area (Å²) in [5.74, 6) is -2.46. The van der Waals surface area contributed by atoms with Gasteiger partial charge >= 0.3 is 5.97 Å². The Hall–Kier alpha value is -3.53. The predicted molar refractivity (Wildman–Crippen MR) is 124 cm³/mol. The monoisotopic (exact) mass is 485 g/mol. The third-order valence-corrected chi connectivity index (χ3v) is 5.97. The van der Waals surface area contributed by atoms with Gasteiger partial charge in [-0.25, -0.2) is 18.0 Å². The van der Waals surface area contributed by atoms with Crippen LogP contribution in [-0.2, 0) is 18.3 Å². The molecule has 0 unspecified atom stereocenters. The van der Waals surface area contributed by atoms with Gasteiger partial charge in [0, 0.05) is 29.8 Å². The molecular weight excluding hydrogens is 459 g/mol. The number of hydrogen-bond donors (Lipinski definition) is 1. The van der Waals surface area contributed by atoms with Crippen LogP contribution in [0.4, 0.5) is 13.2 Å². The van der Waals surface area contributed by atoms with Gasteiger partial charge in [-0.2, -0.15) is 4.80 Å². The molecule has 7 nitrogen and oxygen atoms in total. The van der Waals surface area contributed by atoms with Crippen molar-refractivity contribution in [1.82, 2.24) is 25.1 Å². The first-order valence-electron chi connectivity index (χ1n) is 11.1. The highest BCUT2D eigenvalue weighted by molar-refractivity contribution is 5.85. The molecule has 184 valence electrons. The maximum absolute atomic E-state index is 15.4. The highest BCUT2D eigenvalue weighted by Gasteiger charge is 2.39. The summed E-state index contributed by atoms with van der Waals surface area (Å²) in [5, 5.41) is 20.9. The van der Waals surface area contributed by atoms with E-state index < -0.39 is 29.3 Å². The highest BCUT2D eigenvalue weighted by Crippen LogP contribution is 2.42. The van der Waals surface area contributed by atoms with E-state index in [-0.39, 0.29) is 23.7 Å². The van der Waals surface area contributed by atoms with Crippen molar-refractivity contribution < 1.29 is 23.1 Å².